The lowest BCUT2D eigenvalue weighted by atomic mass is 9.87. The highest BCUT2D eigenvalue weighted by Crippen LogP contribution is 2.37. The minimum absolute atomic E-state index is 0.0483. The summed E-state index contributed by atoms with van der Waals surface area (Å²) >= 11 is 0. The van der Waals surface area contributed by atoms with Crippen LogP contribution in [0.25, 0.3) is 0 Å². The molecule has 15 heteroatoms. The lowest BCUT2D eigenvalue weighted by Gasteiger charge is -2.39. The fraction of sp³-hybridized carbons (Fsp3) is 0.381. The van der Waals surface area contributed by atoms with Gasteiger partial charge in [-0.05, 0) is 129 Å². The van der Waals surface area contributed by atoms with Crippen molar-refractivity contribution in [2.24, 2.45) is 17.8 Å². The second-order valence-electron chi connectivity index (χ2n) is 20.8. The van der Waals surface area contributed by atoms with Crippen molar-refractivity contribution in [1.29, 1.82) is 0 Å². The topological polar surface area (TPSA) is 187 Å². The van der Waals surface area contributed by atoms with Gasteiger partial charge in [-0.2, -0.15) is 0 Å². The Morgan fingerprint density at radius 3 is 0.885 bits per heavy atom. The molecule has 3 aromatic heterocycles. The average Bonchev–Trinajstić information content (AvgIpc) is 3.47. The average molecular weight is 1050 g/mol. The number of nitrogens with one attached hydrogen (secondary N) is 3. The Hall–Kier alpha value is -8.07. The highest BCUT2D eigenvalue weighted by atomic mass is 16.2. The second-order valence-corrected chi connectivity index (χ2v) is 20.8. The number of nitrogens with zero attached hydrogens (tertiary/aromatic N) is 6. The Labute approximate surface area is 459 Å². The van der Waals surface area contributed by atoms with E-state index in [0.29, 0.717) is 54.5 Å². The van der Waals surface area contributed by atoms with Crippen molar-refractivity contribution in [2.75, 3.05) is 35.6 Å². The Kier molecular flexibility index (Phi) is 20.9. The first-order valence-electron chi connectivity index (χ1n) is 27.5. The van der Waals surface area contributed by atoms with E-state index in [9.17, 15) is 28.8 Å². The highest BCUT2D eigenvalue weighted by molar-refractivity contribution is 6.40. The molecule has 0 unspecified atom stereocenters. The van der Waals surface area contributed by atoms with E-state index < -0.39 is 35.4 Å². The molecule has 9 rings (SSSR count). The second kappa shape index (κ2) is 28.3. The van der Waals surface area contributed by atoms with Crippen molar-refractivity contribution in [2.45, 2.75) is 117 Å². The van der Waals surface area contributed by atoms with Crippen LogP contribution in [0.4, 0.5) is 17.1 Å². The van der Waals surface area contributed by atoms with Gasteiger partial charge in [0.2, 0.25) is 0 Å². The molecule has 6 aromatic rings. The van der Waals surface area contributed by atoms with Crippen molar-refractivity contribution in [1.82, 2.24) is 29.7 Å². The summed E-state index contributed by atoms with van der Waals surface area (Å²) in [6.07, 6.45) is 18.7. The van der Waals surface area contributed by atoms with Gasteiger partial charge in [-0.1, -0.05) is 131 Å². The normalized spacial score (nSPS) is 19.8. The van der Waals surface area contributed by atoms with Crippen LogP contribution in [0.5, 0.6) is 0 Å². The summed E-state index contributed by atoms with van der Waals surface area (Å²) in [5.74, 6) is -1.91. The number of piperidine rings is 3. The van der Waals surface area contributed by atoms with Crippen LogP contribution in [-0.2, 0) is 28.8 Å². The maximum Gasteiger partial charge on any atom is 0.313 e. The van der Waals surface area contributed by atoms with Gasteiger partial charge in [0.15, 0.2) is 0 Å². The van der Waals surface area contributed by atoms with Crippen LogP contribution >= 0.6 is 0 Å². The third-order valence-corrected chi connectivity index (χ3v) is 15.1. The zero-order chi connectivity index (χ0) is 55.6. The molecule has 408 valence electrons. The summed E-state index contributed by atoms with van der Waals surface area (Å²) in [6, 6.07) is 35.2. The number of aromatic nitrogens is 3. The first kappa shape index (κ1) is 57.6. The summed E-state index contributed by atoms with van der Waals surface area (Å²) in [7, 11) is 0. The summed E-state index contributed by atoms with van der Waals surface area (Å²) in [5.41, 5.74) is 7.68. The van der Waals surface area contributed by atoms with E-state index in [1.54, 1.807) is 70.1 Å². The van der Waals surface area contributed by atoms with Gasteiger partial charge in [-0.25, -0.2) is 0 Å². The smallest absolute Gasteiger partial charge is 0.313 e. The molecule has 15 nitrogen and oxygen atoms in total. The van der Waals surface area contributed by atoms with Crippen LogP contribution in [0.3, 0.4) is 0 Å². The van der Waals surface area contributed by atoms with Crippen LogP contribution < -0.4 is 16.0 Å². The van der Waals surface area contributed by atoms with Crippen LogP contribution in [0, 0.1) is 38.5 Å². The molecule has 78 heavy (non-hydrogen) atoms. The first-order chi connectivity index (χ1) is 37.7. The van der Waals surface area contributed by atoms with Gasteiger partial charge < -0.3 is 30.7 Å². The van der Waals surface area contributed by atoms with E-state index in [1.807, 2.05) is 112 Å². The van der Waals surface area contributed by atoms with E-state index in [1.165, 1.54) is 0 Å². The number of benzene rings is 3. The Morgan fingerprint density at radius 2 is 0.654 bits per heavy atom. The number of pyridine rings is 3. The minimum Gasteiger partial charge on any atom is -0.327 e. The van der Waals surface area contributed by atoms with E-state index >= 15 is 0 Å². The molecule has 0 bridgehead atoms. The molecule has 6 atom stereocenters. The third kappa shape index (κ3) is 15.8. The lowest BCUT2D eigenvalue weighted by molar-refractivity contribution is -0.146. The summed E-state index contributed by atoms with van der Waals surface area (Å²) in [4.78, 5) is 93.9. The van der Waals surface area contributed by atoms with Gasteiger partial charge in [-0.3, -0.25) is 43.7 Å². The number of hydrogen-bond acceptors (Lipinski definition) is 9. The summed E-state index contributed by atoms with van der Waals surface area (Å²) < 4.78 is 0. The SMILES string of the molecule is CC[C@@H]1CC[C@@H](c2ccccc2)N(C(=O)C(=O)Nc2cncc(C)c2)C1.CC[C@H]1CC[C@@H](c2ccccc2)N(C(=O)C(=O)Nc2cncc(C)c2)C1.CC[C@H]1CC[C@H](c2ccccc2)N(C(=O)C(=O)Nc2cncc(C)c2)C1. The van der Waals surface area contributed by atoms with Crippen LogP contribution in [0.2, 0.25) is 0 Å². The van der Waals surface area contributed by atoms with Crippen LogP contribution in [-0.4, -0.2) is 84.7 Å². The molecular weight excluding hydrogens is 979 g/mol. The van der Waals surface area contributed by atoms with Crippen LogP contribution in [0.1, 0.15) is 130 Å². The van der Waals surface area contributed by atoms with Crippen molar-refractivity contribution < 1.29 is 28.8 Å². The first-order valence-corrected chi connectivity index (χ1v) is 27.5. The molecule has 3 aromatic carbocycles. The molecule has 3 fully saturated rings. The summed E-state index contributed by atoms with van der Waals surface area (Å²) in [5, 5.41) is 8.08. The van der Waals surface area contributed by atoms with Gasteiger partial charge in [0.1, 0.15) is 0 Å². The van der Waals surface area contributed by atoms with Gasteiger partial charge in [0.05, 0.1) is 53.8 Å². The van der Waals surface area contributed by atoms with Gasteiger partial charge in [0, 0.05) is 38.2 Å². The maximum atomic E-state index is 12.9. The van der Waals surface area contributed by atoms with Crippen molar-refractivity contribution >= 4 is 52.5 Å². The minimum atomic E-state index is -0.602. The number of likely N-dealkylation sites (tertiary alicyclic amines) is 3. The Balaban J connectivity index is 0.000000170. The van der Waals surface area contributed by atoms with Crippen LogP contribution in [0.15, 0.2) is 146 Å². The largest absolute Gasteiger partial charge is 0.327 e. The van der Waals surface area contributed by atoms with E-state index in [2.05, 4.69) is 51.7 Å². The molecule has 3 saturated heterocycles. The summed E-state index contributed by atoms with van der Waals surface area (Å²) in [6.45, 7) is 13.9. The van der Waals surface area contributed by atoms with E-state index in [0.717, 1.165) is 91.2 Å². The molecular formula is C63H75N9O6. The molecule has 0 saturated carbocycles. The van der Waals surface area contributed by atoms with Crippen molar-refractivity contribution in [3.05, 3.63) is 180 Å². The number of carbonyl (C=O) groups excluding carboxylic acids is 6. The lowest BCUT2D eigenvalue weighted by Crippen LogP contribution is -2.46. The standard InChI is InChI=1S/3C21H25N3O2/c3*1-3-16-9-10-19(17-7-5-4-6-8-17)24(14-16)21(26)20(25)23-18-11-15(2)12-22-13-18/h3*4-8,11-13,16,19H,3,9-10,14H2,1-2H3,(H,23,25)/t2*16-,19+;16-,19-/m100/s1. The number of amides is 6. The molecule has 6 amide bonds. The monoisotopic (exact) mass is 1050 g/mol. The van der Waals surface area contributed by atoms with Crippen molar-refractivity contribution in [3.8, 4) is 0 Å². The molecule has 3 aliphatic heterocycles. The number of rotatable bonds is 9. The fourth-order valence-electron chi connectivity index (χ4n) is 10.7. The molecule has 3 aliphatic rings. The zero-order valence-electron chi connectivity index (χ0n) is 45.9. The molecule has 3 N–H and O–H groups in total. The van der Waals surface area contributed by atoms with E-state index in [-0.39, 0.29) is 18.1 Å². The van der Waals surface area contributed by atoms with Crippen molar-refractivity contribution in [3.63, 3.8) is 0 Å². The third-order valence-electron chi connectivity index (χ3n) is 15.1. The fourth-order valence-corrected chi connectivity index (χ4v) is 10.7. The van der Waals surface area contributed by atoms with E-state index in [4.69, 9.17) is 0 Å². The molecule has 0 radical (unpaired) electrons. The quantitative estimate of drug-likeness (QED) is 0.118. The predicted molar refractivity (Wildman–Crippen MR) is 305 cm³/mol. The van der Waals surface area contributed by atoms with Gasteiger partial charge >= 0.3 is 35.4 Å². The zero-order valence-corrected chi connectivity index (χ0v) is 45.9. The molecule has 0 aliphatic carbocycles. The Morgan fingerprint density at radius 1 is 0.397 bits per heavy atom. The number of aryl methyl sites for hydroxylation is 3. The maximum absolute atomic E-state index is 12.9. The highest BCUT2D eigenvalue weighted by Gasteiger charge is 2.38. The molecule has 6 heterocycles. The predicted octanol–water partition coefficient (Wildman–Crippen LogP) is 11.2. The van der Waals surface area contributed by atoms with Gasteiger partial charge in [-0.15, -0.1) is 0 Å². The molecule has 0 spiro atoms. The number of anilines is 3. The number of carbonyl (C=O) groups is 6. The Bertz CT molecular complexity index is 2640. The van der Waals surface area contributed by atoms with Gasteiger partial charge in [0.25, 0.3) is 0 Å². The number of hydrogen-bond donors (Lipinski definition) is 3.